The second kappa shape index (κ2) is 40.6. The highest BCUT2D eigenvalue weighted by atomic mass is 16.5. The Bertz CT molecular complexity index is 1020. The van der Waals surface area contributed by atoms with Crippen LogP contribution in [0.3, 0.4) is 0 Å². The highest BCUT2D eigenvalue weighted by Gasteiger charge is 2.12. The summed E-state index contributed by atoms with van der Waals surface area (Å²) in [4.78, 5) is 34.9. The number of carbonyl (C=O) groups is 3. The summed E-state index contributed by atoms with van der Waals surface area (Å²) in [6.07, 6.45) is 54.8. The lowest BCUT2D eigenvalue weighted by Crippen LogP contribution is -2.28. The molecule has 2 N–H and O–H groups in total. The number of allylic oxidation sites excluding steroid dienone is 11. The van der Waals surface area contributed by atoms with Crippen molar-refractivity contribution in [3.8, 4) is 0 Å². The standard InChI is InChI=1S/C46H77NO5/c1-3-5-7-9-11-13-14-15-16-17-18-19-20-21-22-23-24-25-26-27-29-31-37-41-46(51)52-43(38-34-30-28-12-10-8-6-4-2)39-35-32-33-36-40-44(48)47-42-45(49)50/h6,8,12,14-15,17-18,20-21,28,34,38,43H,3-5,7,9-11,13,16,19,22-27,29-33,35-37,39-42H2,1-2H3,(H,47,48)(H,49,50)/b8-6-,15-14-,18-17-,21-20-,28-12-,38-34-. The number of aliphatic carboxylic acids is 1. The lowest BCUT2D eigenvalue weighted by Gasteiger charge is -2.14. The van der Waals surface area contributed by atoms with E-state index in [0.29, 0.717) is 12.8 Å². The molecule has 0 rings (SSSR count). The van der Waals surface area contributed by atoms with Crippen LogP contribution in [0.1, 0.15) is 187 Å². The summed E-state index contributed by atoms with van der Waals surface area (Å²) in [6, 6.07) is 0. The van der Waals surface area contributed by atoms with Crippen LogP contribution < -0.4 is 5.32 Å². The predicted octanol–water partition coefficient (Wildman–Crippen LogP) is 13.0. The number of rotatable bonds is 37. The van der Waals surface area contributed by atoms with E-state index in [1.54, 1.807) is 0 Å². The van der Waals surface area contributed by atoms with E-state index < -0.39 is 5.97 Å². The molecule has 0 aliphatic heterocycles. The van der Waals surface area contributed by atoms with E-state index in [1.165, 1.54) is 83.5 Å². The lowest BCUT2D eigenvalue weighted by atomic mass is 10.1. The van der Waals surface area contributed by atoms with Crippen molar-refractivity contribution in [3.05, 3.63) is 72.9 Å². The van der Waals surface area contributed by atoms with E-state index in [9.17, 15) is 14.4 Å². The van der Waals surface area contributed by atoms with Crippen molar-refractivity contribution < 1.29 is 24.2 Å². The quantitative estimate of drug-likeness (QED) is 0.0378. The molecule has 0 aromatic heterocycles. The molecule has 0 spiro atoms. The van der Waals surface area contributed by atoms with Crippen LogP contribution in [-0.4, -0.2) is 35.6 Å². The second-order valence-electron chi connectivity index (χ2n) is 13.9. The van der Waals surface area contributed by atoms with Gasteiger partial charge in [-0.2, -0.15) is 0 Å². The molecule has 52 heavy (non-hydrogen) atoms. The maximum absolute atomic E-state index is 12.6. The van der Waals surface area contributed by atoms with Gasteiger partial charge in [-0.15, -0.1) is 0 Å². The Morgan fingerprint density at radius 3 is 1.56 bits per heavy atom. The number of hydrogen-bond acceptors (Lipinski definition) is 4. The summed E-state index contributed by atoms with van der Waals surface area (Å²) in [6.45, 7) is 4.06. The smallest absolute Gasteiger partial charge is 0.322 e. The molecule has 0 saturated carbocycles. The molecule has 0 aromatic carbocycles. The Kier molecular flexibility index (Phi) is 38.2. The molecule has 0 aromatic rings. The number of unbranched alkanes of at least 4 members (excludes halogenated alkanes) is 16. The van der Waals surface area contributed by atoms with Gasteiger partial charge in [0.2, 0.25) is 5.91 Å². The molecule has 1 atom stereocenters. The Balaban J connectivity index is 4.06. The van der Waals surface area contributed by atoms with Crippen molar-refractivity contribution in [2.75, 3.05) is 6.54 Å². The van der Waals surface area contributed by atoms with Crippen molar-refractivity contribution in [1.82, 2.24) is 5.32 Å². The van der Waals surface area contributed by atoms with Gasteiger partial charge in [0, 0.05) is 12.8 Å². The third-order valence-corrected chi connectivity index (χ3v) is 8.85. The van der Waals surface area contributed by atoms with E-state index in [2.05, 4.69) is 86.0 Å². The van der Waals surface area contributed by atoms with Gasteiger partial charge in [-0.25, -0.2) is 0 Å². The number of carboxylic acids is 1. The summed E-state index contributed by atoms with van der Waals surface area (Å²) >= 11 is 0. The van der Waals surface area contributed by atoms with E-state index in [1.807, 2.05) is 6.08 Å². The normalized spacial score (nSPS) is 12.8. The van der Waals surface area contributed by atoms with Crippen molar-refractivity contribution in [3.63, 3.8) is 0 Å². The fraction of sp³-hybridized carbons (Fsp3) is 0.674. The molecule has 0 fully saturated rings. The molecular weight excluding hydrogens is 647 g/mol. The molecule has 296 valence electrons. The van der Waals surface area contributed by atoms with Crippen LogP contribution in [0.5, 0.6) is 0 Å². The van der Waals surface area contributed by atoms with Crippen LogP contribution in [-0.2, 0) is 19.1 Å². The van der Waals surface area contributed by atoms with Crippen molar-refractivity contribution in [2.24, 2.45) is 0 Å². The summed E-state index contributed by atoms with van der Waals surface area (Å²) in [7, 11) is 0. The molecule has 0 aliphatic carbocycles. The number of hydrogen-bond donors (Lipinski definition) is 2. The SMILES string of the molecule is CC/C=C\C/C=C\C/C=C\C(CCCCCCC(=O)NCC(=O)O)OC(=O)CCCCCCCCCC/C=C\C/C=C\C/C=C\CCCCCCC. The van der Waals surface area contributed by atoms with E-state index in [4.69, 9.17) is 9.84 Å². The van der Waals surface area contributed by atoms with Gasteiger partial charge in [-0.1, -0.05) is 158 Å². The largest absolute Gasteiger partial charge is 0.480 e. The molecule has 1 unspecified atom stereocenters. The summed E-state index contributed by atoms with van der Waals surface area (Å²) < 4.78 is 5.87. The minimum absolute atomic E-state index is 0.117. The average molecular weight is 724 g/mol. The first kappa shape index (κ1) is 48.9. The average Bonchev–Trinajstić information content (AvgIpc) is 3.13. The van der Waals surface area contributed by atoms with Gasteiger partial charge in [0.05, 0.1) is 0 Å². The number of esters is 1. The molecule has 6 heteroatoms. The summed E-state index contributed by atoms with van der Waals surface area (Å²) in [5.74, 6) is -1.38. The van der Waals surface area contributed by atoms with E-state index in [0.717, 1.165) is 77.0 Å². The van der Waals surface area contributed by atoms with Crippen LogP contribution >= 0.6 is 0 Å². The van der Waals surface area contributed by atoms with Gasteiger partial charge < -0.3 is 15.2 Å². The Hall–Kier alpha value is -3.15. The lowest BCUT2D eigenvalue weighted by molar-refractivity contribution is -0.147. The molecular formula is C46H77NO5. The molecule has 0 radical (unpaired) electrons. The minimum atomic E-state index is -1.03. The van der Waals surface area contributed by atoms with Crippen molar-refractivity contribution in [1.29, 1.82) is 0 Å². The van der Waals surface area contributed by atoms with Gasteiger partial charge in [0.25, 0.3) is 0 Å². The highest BCUT2D eigenvalue weighted by molar-refractivity contribution is 5.80. The van der Waals surface area contributed by atoms with Gasteiger partial charge in [-0.3, -0.25) is 14.4 Å². The number of nitrogens with one attached hydrogen (secondary N) is 1. The number of ether oxygens (including phenoxy) is 1. The van der Waals surface area contributed by atoms with Crippen LogP contribution in [0.25, 0.3) is 0 Å². The molecule has 0 saturated heterocycles. The fourth-order valence-electron chi connectivity index (χ4n) is 5.75. The van der Waals surface area contributed by atoms with Gasteiger partial charge in [0.15, 0.2) is 0 Å². The Morgan fingerprint density at radius 1 is 0.538 bits per heavy atom. The van der Waals surface area contributed by atoms with Gasteiger partial charge in [-0.05, 0) is 89.5 Å². The zero-order valence-corrected chi connectivity index (χ0v) is 33.4. The zero-order valence-electron chi connectivity index (χ0n) is 33.4. The molecule has 0 bridgehead atoms. The topological polar surface area (TPSA) is 92.7 Å². The number of carboxylic acid groups (broad SMARTS) is 1. The molecule has 0 aliphatic rings. The third-order valence-electron chi connectivity index (χ3n) is 8.85. The second-order valence-corrected chi connectivity index (χ2v) is 13.9. The Labute approximate surface area is 319 Å². The fourth-order valence-corrected chi connectivity index (χ4v) is 5.75. The maximum atomic E-state index is 12.6. The van der Waals surface area contributed by atoms with Gasteiger partial charge >= 0.3 is 11.9 Å². The minimum Gasteiger partial charge on any atom is -0.480 e. The zero-order chi connectivity index (χ0) is 38.0. The monoisotopic (exact) mass is 724 g/mol. The van der Waals surface area contributed by atoms with E-state index in [-0.39, 0.29) is 24.5 Å². The van der Waals surface area contributed by atoms with E-state index >= 15 is 0 Å². The Morgan fingerprint density at radius 2 is 1.00 bits per heavy atom. The van der Waals surface area contributed by atoms with Crippen molar-refractivity contribution >= 4 is 17.8 Å². The van der Waals surface area contributed by atoms with Crippen LogP contribution in [0.2, 0.25) is 0 Å². The number of carbonyl (C=O) groups excluding carboxylic acids is 2. The van der Waals surface area contributed by atoms with Crippen LogP contribution in [0.15, 0.2) is 72.9 Å². The molecule has 0 heterocycles. The predicted molar refractivity (Wildman–Crippen MR) is 221 cm³/mol. The first-order valence-electron chi connectivity index (χ1n) is 21.1. The van der Waals surface area contributed by atoms with Gasteiger partial charge in [0.1, 0.15) is 12.6 Å². The summed E-state index contributed by atoms with van der Waals surface area (Å²) in [5.41, 5.74) is 0. The number of amides is 1. The van der Waals surface area contributed by atoms with Crippen molar-refractivity contribution in [2.45, 2.75) is 193 Å². The third kappa shape index (κ3) is 39.6. The van der Waals surface area contributed by atoms with Crippen LogP contribution in [0.4, 0.5) is 0 Å². The van der Waals surface area contributed by atoms with Crippen LogP contribution in [0, 0.1) is 0 Å². The highest BCUT2D eigenvalue weighted by Crippen LogP contribution is 2.15. The summed E-state index contributed by atoms with van der Waals surface area (Å²) in [5, 5.41) is 11.1. The first-order valence-corrected chi connectivity index (χ1v) is 21.1. The first-order chi connectivity index (χ1) is 25.5. The molecule has 1 amide bonds. The molecule has 6 nitrogen and oxygen atoms in total. The maximum Gasteiger partial charge on any atom is 0.322 e.